The molecule has 1 aromatic heterocycles. The van der Waals surface area contributed by atoms with Gasteiger partial charge in [-0.05, 0) is 59.0 Å². The summed E-state index contributed by atoms with van der Waals surface area (Å²) >= 11 is 0. The number of fused-ring (bicyclic) bond motifs is 1. The summed E-state index contributed by atoms with van der Waals surface area (Å²) in [4.78, 5) is 0. The first-order valence-electron chi connectivity index (χ1n) is 9.39. The van der Waals surface area contributed by atoms with Crippen LogP contribution in [0, 0.1) is 0 Å². The minimum Gasteiger partial charge on any atom is -0.492 e. The normalized spacial score (nSPS) is 12.1. The summed E-state index contributed by atoms with van der Waals surface area (Å²) in [6, 6.07) is 25.1. The van der Waals surface area contributed by atoms with Gasteiger partial charge in [0.2, 0.25) is 0 Å². The average molecular weight is 369 g/mol. The van der Waals surface area contributed by atoms with Crippen LogP contribution in [0.4, 0.5) is 0 Å². The van der Waals surface area contributed by atoms with Crippen LogP contribution < -0.4 is 10.5 Å². The van der Waals surface area contributed by atoms with Gasteiger partial charge in [-0.3, -0.25) is 5.10 Å². The second kappa shape index (κ2) is 8.11. The molecular weight excluding hydrogens is 346 g/mol. The molecule has 0 amide bonds. The minimum atomic E-state index is 0.505. The molecule has 0 aliphatic rings. The maximum Gasteiger partial charge on any atom is 0.119 e. The predicted octanol–water partition coefficient (Wildman–Crippen LogP) is 4.88. The molecule has 0 aliphatic carbocycles. The zero-order chi connectivity index (χ0) is 19.3. The van der Waals surface area contributed by atoms with E-state index in [0.717, 1.165) is 27.8 Å². The molecule has 0 atom stereocenters. The average Bonchev–Trinajstić information content (AvgIpc) is 3.22. The molecule has 0 saturated heterocycles. The van der Waals surface area contributed by atoms with Crippen molar-refractivity contribution >= 4 is 22.0 Å². The molecule has 28 heavy (non-hydrogen) atoms. The van der Waals surface area contributed by atoms with E-state index in [0.29, 0.717) is 13.2 Å². The van der Waals surface area contributed by atoms with Crippen LogP contribution in [-0.4, -0.2) is 23.3 Å². The van der Waals surface area contributed by atoms with Crippen molar-refractivity contribution < 1.29 is 4.74 Å². The monoisotopic (exact) mass is 369 g/mol. The van der Waals surface area contributed by atoms with E-state index in [-0.39, 0.29) is 0 Å². The largest absolute Gasteiger partial charge is 0.492 e. The topological polar surface area (TPSA) is 63.9 Å². The number of rotatable bonds is 6. The van der Waals surface area contributed by atoms with Gasteiger partial charge in [-0.25, -0.2) is 0 Å². The number of aromatic nitrogens is 2. The maximum atomic E-state index is 5.63. The summed E-state index contributed by atoms with van der Waals surface area (Å²) in [7, 11) is 0. The van der Waals surface area contributed by atoms with E-state index in [9.17, 15) is 0 Å². The lowest BCUT2D eigenvalue weighted by molar-refractivity contribution is 0.328. The molecule has 3 N–H and O–H groups in total. The van der Waals surface area contributed by atoms with E-state index in [1.807, 2.05) is 24.4 Å². The third-order valence-electron chi connectivity index (χ3n) is 4.84. The number of hydrogen-bond donors (Lipinski definition) is 2. The van der Waals surface area contributed by atoms with Crippen LogP contribution >= 0.6 is 0 Å². The van der Waals surface area contributed by atoms with Gasteiger partial charge in [0.25, 0.3) is 0 Å². The molecule has 3 aromatic carbocycles. The van der Waals surface area contributed by atoms with Crippen molar-refractivity contribution in [2.45, 2.75) is 6.92 Å². The molecule has 4 aromatic rings. The second-order valence-corrected chi connectivity index (χ2v) is 6.70. The zero-order valence-corrected chi connectivity index (χ0v) is 15.9. The van der Waals surface area contributed by atoms with E-state index in [2.05, 4.69) is 71.7 Å². The van der Waals surface area contributed by atoms with Crippen LogP contribution in [0.1, 0.15) is 23.6 Å². The summed E-state index contributed by atoms with van der Waals surface area (Å²) in [6.07, 6.45) is 1.86. The maximum absolute atomic E-state index is 5.63. The summed E-state index contributed by atoms with van der Waals surface area (Å²) in [5.41, 5.74) is 12.5. The van der Waals surface area contributed by atoms with E-state index in [4.69, 9.17) is 10.5 Å². The Bertz CT molecular complexity index is 1100. The Morgan fingerprint density at radius 3 is 2.43 bits per heavy atom. The van der Waals surface area contributed by atoms with Crippen molar-refractivity contribution in [1.29, 1.82) is 0 Å². The van der Waals surface area contributed by atoms with Crippen molar-refractivity contribution in [2.75, 3.05) is 13.2 Å². The highest BCUT2D eigenvalue weighted by atomic mass is 16.5. The molecule has 4 rings (SSSR count). The molecule has 4 heteroatoms. The fourth-order valence-electron chi connectivity index (χ4n) is 3.42. The first-order valence-corrected chi connectivity index (χ1v) is 9.39. The number of ether oxygens (including phenoxy) is 1. The summed E-state index contributed by atoms with van der Waals surface area (Å²) in [5, 5.41) is 8.27. The van der Waals surface area contributed by atoms with Crippen LogP contribution in [0.2, 0.25) is 0 Å². The lowest BCUT2D eigenvalue weighted by Crippen LogP contribution is -2.10. The molecule has 0 saturated carbocycles. The molecule has 0 fully saturated rings. The number of hydrogen-bond acceptors (Lipinski definition) is 3. The SMILES string of the molecule is C/C(=C(/c1ccc(OCCN)cc1)c1ccc2[nH]ncc2c1)c1ccccc1. The van der Waals surface area contributed by atoms with Gasteiger partial charge >= 0.3 is 0 Å². The van der Waals surface area contributed by atoms with Gasteiger partial charge in [0.1, 0.15) is 12.4 Å². The fraction of sp³-hybridized carbons (Fsp3) is 0.125. The molecule has 0 spiro atoms. The predicted molar refractivity (Wildman–Crippen MR) is 115 cm³/mol. The lowest BCUT2D eigenvalue weighted by atomic mass is 9.90. The Labute approximate surface area is 164 Å². The highest BCUT2D eigenvalue weighted by molar-refractivity contribution is 5.99. The van der Waals surface area contributed by atoms with Crippen LogP contribution in [0.5, 0.6) is 5.75 Å². The Morgan fingerprint density at radius 1 is 0.929 bits per heavy atom. The van der Waals surface area contributed by atoms with E-state index in [1.54, 1.807) is 0 Å². The van der Waals surface area contributed by atoms with Crippen molar-refractivity contribution in [2.24, 2.45) is 5.73 Å². The molecule has 0 bridgehead atoms. The molecule has 0 unspecified atom stereocenters. The van der Waals surface area contributed by atoms with Gasteiger partial charge in [0.15, 0.2) is 0 Å². The second-order valence-electron chi connectivity index (χ2n) is 6.70. The van der Waals surface area contributed by atoms with Gasteiger partial charge in [-0.15, -0.1) is 0 Å². The number of H-pyrrole nitrogens is 1. The molecule has 140 valence electrons. The fourth-order valence-corrected chi connectivity index (χ4v) is 3.42. The third-order valence-corrected chi connectivity index (χ3v) is 4.84. The molecule has 1 heterocycles. The van der Waals surface area contributed by atoms with E-state index < -0.39 is 0 Å². The van der Waals surface area contributed by atoms with Crippen molar-refractivity contribution in [3.8, 4) is 5.75 Å². The van der Waals surface area contributed by atoms with Gasteiger partial charge in [0.05, 0.1) is 11.7 Å². The number of nitrogens with zero attached hydrogens (tertiary/aromatic N) is 1. The lowest BCUT2D eigenvalue weighted by Gasteiger charge is -2.15. The molecular formula is C24H23N3O. The minimum absolute atomic E-state index is 0.505. The standard InChI is InChI=1S/C24H23N3O/c1-17(18-5-3-2-4-6-18)24(19-7-10-22(11-8-19)28-14-13-25)20-9-12-23-21(15-20)16-26-27-23/h2-12,15-16H,13-14,25H2,1H3,(H,26,27)/b24-17+. The van der Waals surface area contributed by atoms with Crippen molar-refractivity contribution in [3.05, 3.63) is 95.7 Å². The van der Waals surface area contributed by atoms with Crippen LogP contribution in [-0.2, 0) is 0 Å². The molecule has 0 aliphatic heterocycles. The number of nitrogens with one attached hydrogen (secondary N) is 1. The summed E-state index contributed by atoms with van der Waals surface area (Å²) < 4.78 is 5.63. The highest BCUT2D eigenvalue weighted by Crippen LogP contribution is 2.34. The van der Waals surface area contributed by atoms with Gasteiger partial charge in [-0.2, -0.15) is 5.10 Å². The first-order chi connectivity index (χ1) is 13.8. The Hall–Kier alpha value is -3.37. The third kappa shape index (κ3) is 3.68. The van der Waals surface area contributed by atoms with Crippen LogP contribution in [0.15, 0.2) is 79.0 Å². The zero-order valence-electron chi connectivity index (χ0n) is 15.9. The number of aromatic amines is 1. The Balaban J connectivity index is 1.84. The number of nitrogens with two attached hydrogens (primary N) is 1. The van der Waals surface area contributed by atoms with Gasteiger partial charge in [-0.1, -0.05) is 48.5 Å². The van der Waals surface area contributed by atoms with Crippen LogP contribution in [0.25, 0.3) is 22.0 Å². The quantitative estimate of drug-likeness (QED) is 0.476. The van der Waals surface area contributed by atoms with Crippen molar-refractivity contribution in [3.63, 3.8) is 0 Å². The van der Waals surface area contributed by atoms with Crippen molar-refractivity contribution in [1.82, 2.24) is 10.2 Å². The van der Waals surface area contributed by atoms with Gasteiger partial charge < -0.3 is 10.5 Å². The van der Waals surface area contributed by atoms with Gasteiger partial charge in [0, 0.05) is 11.9 Å². The van der Waals surface area contributed by atoms with Crippen LogP contribution in [0.3, 0.4) is 0 Å². The smallest absolute Gasteiger partial charge is 0.119 e. The highest BCUT2D eigenvalue weighted by Gasteiger charge is 2.12. The van der Waals surface area contributed by atoms with E-state index in [1.165, 1.54) is 16.7 Å². The Morgan fingerprint density at radius 2 is 1.68 bits per heavy atom. The summed E-state index contributed by atoms with van der Waals surface area (Å²) in [5.74, 6) is 0.830. The summed E-state index contributed by atoms with van der Waals surface area (Å²) in [6.45, 7) is 3.19. The molecule has 0 radical (unpaired) electrons. The number of benzene rings is 3. The molecule has 4 nitrogen and oxygen atoms in total. The number of allylic oxidation sites excluding steroid dienone is 1. The van der Waals surface area contributed by atoms with E-state index >= 15 is 0 Å². The Kier molecular flexibility index (Phi) is 5.22. The first kappa shape index (κ1) is 18.0.